The fraction of sp³-hybridized carbons (Fsp3) is 0.258. The van der Waals surface area contributed by atoms with E-state index in [4.69, 9.17) is 9.97 Å². The molecule has 40 heavy (non-hydrogen) atoms. The van der Waals surface area contributed by atoms with Gasteiger partial charge in [0.1, 0.15) is 11.0 Å². The average Bonchev–Trinajstić information content (AvgIpc) is 3.72. The second kappa shape index (κ2) is 10.8. The molecule has 3 N–H and O–H groups in total. The molecule has 202 valence electrons. The van der Waals surface area contributed by atoms with E-state index in [-0.39, 0.29) is 0 Å². The van der Waals surface area contributed by atoms with E-state index in [1.165, 1.54) is 32.1 Å². The Labute approximate surface area is 232 Å². The molecule has 0 unspecified atom stereocenters. The summed E-state index contributed by atoms with van der Waals surface area (Å²) in [5.74, 6) is 1.12. The summed E-state index contributed by atoms with van der Waals surface area (Å²) >= 11 is 0. The molecule has 1 saturated carbocycles. The van der Waals surface area contributed by atoms with E-state index in [2.05, 4.69) is 55.8 Å². The number of H-pyrrole nitrogens is 2. The second-order valence-electron chi connectivity index (χ2n) is 10.3. The van der Waals surface area contributed by atoms with Crippen LogP contribution in [0.5, 0.6) is 0 Å². The molecule has 0 spiro atoms. The zero-order valence-corrected chi connectivity index (χ0v) is 22.9. The number of hydrogen-bond donors (Lipinski definition) is 3. The highest BCUT2D eigenvalue weighted by Gasteiger charge is 2.19. The summed E-state index contributed by atoms with van der Waals surface area (Å²) in [7, 11) is 0. The highest BCUT2D eigenvalue weighted by atomic mass is 15.2. The fourth-order valence-electron chi connectivity index (χ4n) is 5.36. The van der Waals surface area contributed by atoms with Gasteiger partial charge in [-0.1, -0.05) is 38.5 Å². The van der Waals surface area contributed by atoms with Gasteiger partial charge in [-0.25, -0.2) is 15.0 Å². The van der Waals surface area contributed by atoms with Crippen LogP contribution in [-0.4, -0.2) is 39.7 Å². The fourth-order valence-corrected chi connectivity index (χ4v) is 5.36. The van der Waals surface area contributed by atoms with Crippen molar-refractivity contribution in [2.75, 3.05) is 0 Å². The van der Waals surface area contributed by atoms with Crippen LogP contribution in [0.1, 0.15) is 50.4 Å². The van der Waals surface area contributed by atoms with Crippen LogP contribution >= 0.6 is 0 Å². The van der Waals surface area contributed by atoms with Gasteiger partial charge < -0.3 is 14.9 Å². The number of nitrogens with zero attached hydrogens (tertiary/aromatic N) is 6. The molecular weight excluding hydrogens is 498 g/mol. The lowest BCUT2D eigenvalue weighted by atomic mass is 9.87. The number of imidazole rings is 2. The maximum absolute atomic E-state index is 5.01. The third kappa shape index (κ3) is 4.86. The molecule has 9 nitrogen and oxygen atoms in total. The number of hydrogen-bond acceptors (Lipinski definition) is 6. The van der Waals surface area contributed by atoms with Crippen molar-refractivity contribution in [3.63, 3.8) is 0 Å². The normalized spacial score (nSPS) is 15.2. The number of aryl methyl sites for hydroxylation is 1. The molecule has 1 fully saturated rings. The zero-order chi connectivity index (χ0) is 27.6. The largest absolute Gasteiger partial charge is 0.359 e. The first-order chi connectivity index (χ1) is 19.5. The lowest BCUT2D eigenvalue weighted by molar-refractivity contribution is 0.393. The van der Waals surface area contributed by atoms with Crippen molar-refractivity contribution in [1.29, 1.82) is 0 Å². The molecule has 0 radical (unpaired) electrons. The van der Waals surface area contributed by atoms with Crippen LogP contribution in [0, 0.1) is 12.8 Å². The van der Waals surface area contributed by atoms with Gasteiger partial charge in [0.15, 0.2) is 11.5 Å². The zero-order valence-electron chi connectivity index (χ0n) is 22.9. The minimum atomic E-state index is 0.506. The van der Waals surface area contributed by atoms with Crippen LogP contribution in [0.3, 0.4) is 0 Å². The number of aromatic amines is 2. The monoisotopic (exact) mass is 531 g/mol. The Morgan fingerprint density at radius 3 is 2.70 bits per heavy atom. The molecule has 6 rings (SSSR count). The summed E-state index contributed by atoms with van der Waals surface area (Å²) in [5, 5.41) is 11.2. The van der Waals surface area contributed by atoms with E-state index in [1.54, 1.807) is 18.7 Å². The van der Waals surface area contributed by atoms with E-state index in [0.29, 0.717) is 17.4 Å². The molecule has 5 aromatic heterocycles. The van der Waals surface area contributed by atoms with Gasteiger partial charge in [-0.05, 0) is 62.5 Å². The molecule has 1 aliphatic rings. The molecule has 1 aliphatic carbocycles. The molecule has 0 aromatic carbocycles. The molecule has 0 aliphatic heterocycles. The smallest absolute Gasteiger partial charge is 0.161 e. The summed E-state index contributed by atoms with van der Waals surface area (Å²) in [6.07, 6.45) is 19.4. The van der Waals surface area contributed by atoms with Crippen molar-refractivity contribution in [2.45, 2.75) is 46.0 Å². The van der Waals surface area contributed by atoms with Crippen LogP contribution in [0.2, 0.25) is 0 Å². The van der Waals surface area contributed by atoms with Gasteiger partial charge in [0.2, 0.25) is 0 Å². The summed E-state index contributed by atoms with van der Waals surface area (Å²) in [6, 6.07) is 3.99. The molecule has 0 atom stereocenters. The van der Waals surface area contributed by atoms with Gasteiger partial charge in [-0.15, -0.1) is 0 Å². The van der Waals surface area contributed by atoms with Gasteiger partial charge in [-0.3, -0.25) is 10.1 Å². The first-order valence-electron chi connectivity index (χ1n) is 13.7. The number of pyridine rings is 2. The van der Waals surface area contributed by atoms with Crippen molar-refractivity contribution in [3.05, 3.63) is 91.2 Å². The molecule has 0 amide bonds. The molecule has 0 bridgehead atoms. The highest BCUT2D eigenvalue weighted by Crippen LogP contribution is 2.30. The lowest BCUT2D eigenvalue weighted by Gasteiger charge is -2.25. The number of nitrogens with one attached hydrogen (secondary N) is 3. The standard InChI is InChI=1S/C31H33N9/c1-5-21(14-23(6-2)34-20(4)22-10-8-7-9-11-22)24-12-13-25-29(35-24)30(39-38-25)31-36-26-15-32-16-27(28(26)37-31)40-17-19(3)33-18-40/h5-6,12-18,22,34H,2,4,7-11H2,1,3H3,(H,36,37)(H,38,39)/b21-5+,23-14+. The quantitative estimate of drug-likeness (QED) is 0.196. The van der Waals surface area contributed by atoms with Crippen LogP contribution in [0.15, 0.2) is 79.8 Å². The van der Waals surface area contributed by atoms with Crippen molar-refractivity contribution in [2.24, 2.45) is 5.92 Å². The third-order valence-corrected chi connectivity index (χ3v) is 7.54. The van der Waals surface area contributed by atoms with E-state index in [0.717, 1.165) is 56.1 Å². The van der Waals surface area contributed by atoms with Gasteiger partial charge in [0.25, 0.3) is 0 Å². The minimum Gasteiger partial charge on any atom is -0.359 e. The Morgan fingerprint density at radius 1 is 1.10 bits per heavy atom. The van der Waals surface area contributed by atoms with E-state index >= 15 is 0 Å². The number of aromatic nitrogens is 8. The summed E-state index contributed by atoms with van der Waals surface area (Å²) in [6.45, 7) is 12.3. The first-order valence-corrected chi connectivity index (χ1v) is 13.7. The van der Waals surface area contributed by atoms with Crippen molar-refractivity contribution in [3.8, 4) is 17.2 Å². The van der Waals surface area contributed by atoms with Gasteiger partial charge in [0.05, 0.1) is 46.8 Å². The number of allylic oxidation sites excluding steroid dienone is 5. The van der Waals surface area contributed by atoms with E-state index < -0.39 is 0 Å². The summed E-state index contributed by atoms with van der Waals surface area (Å²) < 4.78 is 1.92. The van der Waals surface area contributed by atoms with Crippen LogP contribution in [0.25, 0.3) is 44.8 Å². The molecule has 5 aromatic rings. The van der Waals surface area contributed by atoms with Crippen molar-refractivity contribution >= 4 is 27.6 Å². The van der Waals surface area contributed by atoms with Gasteiger partial charge in [0, 0.05) is 17.6 Å². The highest BCUT2D eigenvalue weighted by molar-refractivity contribution is 5.93. The maximum atomic E-state index is 5.01. The maximum Gasteiger partial charge on any atom is 0.161 e. The first kappa shape index (κ1) is 25.5. The van der Waals surface area contributed by atoms with Crippen LogP contribution in [0.4, 0.5) is 0 Å². The minimum absolute atomic E-state index is 0.506. The van der Waals surface area contributed by atoms with Gasteiger partial charge >= 0.3 is 0 Å². The Balaban J connectivity index is 1.33. The van der Waals surface area contributed by atoms with E-state index in [9.17, 15) is 0 Å². The molecular formula is C31H33N9. The second-order valence-corrected chi connectivity index (χ2v) is 10.3. The predicted octanol–water partition coefficient (Wildman–Crippen LogP) is 6.55. The topological polar surface area (TPSA) is 113 Å². The van der Waals surface area contributed by atoms with E-state index in [1.807, 2.05) is 42.8 Å². The number of rotatable bonds is 8. The van der Waals surface area contributed by atoms with Crippen molar-refractivity contribution < 1.29 is 0 Å². The molecule has 9 heteroatoms. The predicted molar refractivity (Wildman–Crippen MR) is 159 cm³/mol. The van der Waals surface area contributed by atoms with Crippen LogP contribution in [-0.2, 0) is 0 Å². The Kier molecular flexibility index (Phi) is 6.86. The Bertz CT molecular complexity index is 1770. The lowest BCUT2D eigenvalue weighted by Crippen LogP contribution is -2.20. The van der Waals surface area contributed by atoms with Gasteiger partial charge in [-0.2, -0.15) is 5.10 Å². The van der Waals surface area contributed by atoms with Crippen molar-refractivity contribution in [1.82, 2.24) is 45.0 Å². The summed E-state index contributed by atoms with van der Waals surface area (Å²) in [4.78, 5) is 22.0. The Morgan fingerprint density at radius 2 is 1.95 bits per heavy atom. The molecule has 5 heterocycles. The molecule has 0 saturated heterocycles. The third-order valence-electron chi connectivity index (χ3n) is 7.54. The summed E-state index contributed by atoms with van der Waals surface area (Å²) in [5.41, 5.74) is 9.33. The van der Waals surface area contributed by atoms with Crippen LogP contribution < -0.4 is 5.32 Å². The average molecular weight is 532 g/mol. The number of fused-ring (bicyclic) bond motifs is 2. The Hall–Kier alpha value is -4.79. The SMILES string of the molecule is C=C/C(=C\C(=C/C)c1ccc2[nH]nc(-c3nc4c(-n5cnc(C)c5)cncc4[nH]3)c2n1)NC(=C)C1CCCCC1.